The molecule has 9 heteroatoms. The summed E-state index contributed by atoms with van der Waals surface area (Å²) in [4.78, 5) is 35.0. The molecule has 0 radical (unpaired) electrons. The van der Waals surface area contributed by atoms with E-state index in [1.807, 2.05) is 0 Å². The van der Waals surface area contributed by atoms with E-state index >= 15 is 0 Å². The number of hydrogen-bond acceptors (Lipinski definition) is 8. The molecular weight excluding hydrogens is 374 g/mol. The number of ether oxygens (including phenoxy) is 2. The molecule has 0 unspecified atom stereocenters. The lowest BCUT2D eigenvalue weighted by molar-refractivity contribution is 0.0383. The first-order chi connectivity index (χ1) is 14.0. The number of benzene rings is 1. The normalized spacial score (nSPS) is 14.3. The van der Waals surface area contributed by atoms with Gasteiger partial charge in [-0.3, -0.25) is 9.69 Å². The molecule has 1 aromatic carbocycles. The maximum absolute atomic E-state index is 12.5. The fraction of sp³-hybridized carbons (Fsp3) is 0.400. The second-order valence-electron chi connectivity index (χ2n) is 6.63. The first kappa shape index (κ1) is 20.7. The molecule has 29 heavy (non-hydrogen) atoms. The minimum Gasteiger partial charge on any atom is -0.465 e. The predicted molar refractivity (Wildman–Crippen MR) is 107 cm³/mol. The van der Waals surface area contributed by atoms with E-state index in [0.29, 0.717) is 23.5 Å². The lowest BCUT2D eigenvalue weighted by atomic mass is 10.2. The minimum atomic E-state index is -0.431. The third-order valence-corrected chi connectivity index (χ3v) is 4.44. The number of morpholine rings is 1. The van der Waals surface area contributed by atoms with Crippen molar-refractivity contribution >= 4 is 23.5 Å². The molecule has 2 heterocycles. The molecule has 1 amide bonds. The van der Waals surface area contributed by atoms with Gasteiger partial charge in [0.2, 0.25) is 5.95 Å². The lowest BCUT2D eigenvalue weighted by Gasteiger charge is -2.26. The summed E-state index contributed by atoms with van der Waals surface area (Å²) in [5.74, 6) is -0.403. The molecule has 2 aromatic rings. The summed E-state index contributed by atoms with van der Waals surface area (Å²) in [7, 11) is 1.33. The molecule has 9 nitrogen and oxygen atoms in total. The maximum Gasteiger partial charge on any atom is 0.337 e. The van der Waals surface area contributed by atoms with Gasteiger partial charge in [0.25, 0.3) is 5.91 Å². The van der Waals surface area contributed by atoms with E-state index in [2.05, 4.69) is 25.5 Å². The number of nitrogens with one attached hydrogen (secondary N) is 2. The van der Waals surface area contributed by atoms with Crippen molar-refractivity contribution in [3.05, 3.63) is 47.3 Å². The SMILES string of the molecule is COC(=O)c1cccc(Nc2nc(C)cc(C(=O)NCCN3CCOCC3)n2)c1. The Labute approximate surface area is 169 Å². The van der Waals surface area contributed by atoms with E-state index in [-0.39, 0.29) is 17.5 Å². The van der Waals surface area contributed by atoms with E-state index in [4.69, 9.17) is 9.47 Å². The summed E-state index contributed by atoms with van der Waals surface area (Å²) in [6, 6.07) is 8.44. The smallest absolute Gasteiger partial charge is 0.337 e. The molecular formula is C20H25N5O4. The Bertz CT molecular complexity index is 868. The highest BCUT2D eigenvalue weighted by molar-refractivity contribution is 5.93. The number of aromatic nitrogens is 2. The molecule has 1 fully saturated rings. The van der Waals surface area contributed by atoms with Crippen molar-refractivity contribution in [3.63, 3.8) is 0 Å². The highest BCUT2D eigenvalue weighted by Gasteiger charge is 2.13. The van der Waals surface area contributed by atoms with Gasteiger partial charge in [-0.15, -0.1) is 0 Å². The standard InChI is InChI=1S/C20H25N5O4/c1-14-12-17(18(26)21-6-7-25-8-10-29-11-9-25)24-20(22-14)23-16-5-3-4-15(13-16)19(27)28-2/h3-5,12-13H,6-11H2,1-2H3,(H,21,26)(H,22,23,24). The van der Waals surface area contributed by atoms with Crippen LogP contribution in [0.4, 0.5) is 11.6 Å². The number of rotatable bonds is 7. The van der Waals surface area contributed by atoms with Gasteiger partial charge >= 0.3 is 5.97 Å². The highest BCUT2D eigenvalue weighted by atomic mass is 16.5. The van der Waals surface area contributed by atoms with Crippen molar-refractivity contribution in [3.8, 4) is 0 Å². The molecule has 0 bridgehead atoms. The first-order valence-electron chi connectivity index (χ1n) is 9.44. The molecule has 154 valence electrons. The number of methoxy groups -OCH3 is 1. The van der Waals surface area contributed by atoms with Crippen molar-refractivity contribution in [1.29, 1.82) is 0 Å². The van der Waals surface area contributed by atoms with Gasteiger partial charge in [0.15, 0.2) is 0 Å². The van der Waals surface area contributed by atoms with Crippen molar-refractivity contribution in [1.82, 2.24) is 20.2 Å². The maximum atomic E-state index is 12.5. The Morgan fingerprint density at radius 3 is 2.76 bits per heavy atom. The molecule has 0 saturated carbocycles. The zero-order chi connectivity index (χ0) is 20.6. The summed E-state index contributed by atoms with van der Waals surface area (Å²) >= 11 is 0. The average molecular weight is 399 g/mol. The van der Waals surface area contributed by atoms with Crippen molar-refractivity contribution in [2.45, 2.75) is 6.92 Å². The number of carbonyl (C=O) groups excluding carboxylic acids is 2. The van der Waals surface area contributed by atoms with Crippen LogP contribution < -0.4 is 10.6 Å². The van der Waals surface area contributed by atoms with Gasteiger partial charge in [-0.1, -0.05) is 6.07 Å². The Hall–Kier alpha value is -3.04. The van der Waals surface area contributed by atoms with Crippen LogP contribution in [0.5, 0.6) is 0 Å². The predicted octanol–water partition coefficient (Wildman–Crippen LogP) is 1.38. The summed E-state index contributed by atoms with van der Waals surface area (Å²) in [6.45, 7) is 6.30. The van der Waals surface area contributed by atoms with Crippen LogP contribution in [-0.2, 0) is 9.47 Å². The van der Waals surface area contributed by atoms with Gasteiger partial charge < -0.3 is 20.1 Å². The zero-order valence-corrected chi connectivity index (χ0v) is 16.6. The second-order valence-corrected chi connectivity index (χ2v) is 6.63. The van der Waals surface area contributed by atoms with E-state index in [1.165, 1.54) is 7.11 Å². The topological polar surface area (TPSA) is 106 Å². The van der Waals surface area contributed by atoms with Crippen molar-refractivity contribution in [2.75, 3.05) is 51.8 Å². The summed E-state index contributed by atoms with van der Waals surface area (Å²) < 4.78 is 10.1. The fourth-order valence-electron chi connectivity index (χ4n) is 2.95. The molecule has 1 aliphatic rings. The van der Waals surface area contributed by atoms with Crippen molar-refractivity contribution in [2.24, 2.45) is 0 Å². The third-order valence-electron chi connectivity index (χ3n) is 4.44. The van der Waals surface area contributed by atoms with E-state index in [9.17, 15) is 9.59 Å². The van der Waals surface area contributed by atoms with Crippen molar-refractivity contribution < 1.29 is 19.1 Å². The number of amides is 1. The number of carbonyl (C=O) groups is 2. The summed E-state index contributed by atoms with van der Waals surface area (Å²) in [6.07, 6.45) is 0. The Morgan fingerprint density at radius 1 is 1.21 bits per heavy atom. The van der Waals surface area contributed by atoms with Gasteiger partial charge in [0, 0.05) is 37.6 Å². The van der Waals surface area contributed by atoms with Crippen LogP contribution in [0.2, 0.25) is 0 Å². The Morgan fingerprint density at radius 2 is 2.00 bits per heavy atom. The molecule has 1 aromatic heterocycles. The fourth-order valence-corrected chi connectivity index (χ4v) is 2.95. The Kier molecular flexibility index (Phi) is 7.09. The van der Waals surface area contributed by atoms with Gasteiger partial charge in [-0.2, -0.15) is 0 Å². The molecule has 3 rings (SSSR count). The third kappa shape index (κ3) is 5.97. The summed E-state index contributed by atoms with van der Waals surface area (Å²) in [5.41, 5.74) is 1.97. The highest BCUT2D eigenvalue weighted by Crippen LogP contribution is 2.16. The molecule has 0 aliphatic carbocycles. The molecule has 0 atom stereocenters. The Balaban J connectivity index is 1.63. The van der Waals surface area contributed by atoms with E-state index < -0.39 is 5.97 Å². The van der Waals surface area contributed by atoms with Crippen LogP contribution in [0, 0.1) is 6.92 Å². The quantitative estimate of drug-likeness (QED) is 0.673. The second kappa shape index (κ2) is 9.94. The number of anilines is 2. The minimum absolute atomic E-state index is 0.255. The number of nitrogens with zero attached hydrogens (tertiary/aromatic N) is 3. The largest absolute Gasteiger partial charge is 0.465 e. The monoisotopic (exact) mass is 399 g/mol. The van der Waals surface area contributed by atoms with Crippen LogP contribution in [0.15, 0.2) is 30.3 Å². The van der Waals surface area contributed by atoms with E-state index in [1.54, 1.807) is 37.3 Å². The van der Waals surface area contributed by atoms with Gasteiger partial charge in [0.1, 0.15) is 5.69 Å². The number of hydrogen-bond donors (Lipinski definition) is 2. The number of esters is 1. The number of aryl methyl sites for hydroxylation is 1. The zero-order valence-electron chi connectivity index (χ0n) is 16.6. The molecule has 0 spiro atoms. The molecule has 2 N–H and O–H groups in total. The van der Waals surface area contributed by atoms with Crippen LogP contribution in [0.25, 0.3) is 0 Å². The van der Waals surface area contributed by atoms with Crippen LogP contribution in [0.3, 0.4) is 0 Å². The van der Waals surface area contributed by atoms with Gasteiger partial charge in [-0.25, -0.2) is 14.8 Å². The van der Waals surface area contributed by atoms with E-state index in [0.717, 1.165) is 32.8 Å². The van der Waals surface area contributed by atoms with Crippen LogP contribution in [-0.4, -0.2) is 73.2 Å². The first-order valence-corrected chi connectivity index (χ1v) is 9.44. The van der Waals surface area contributed by atoms with Crippen LogP contribution in [0.1, 0.15) is 26.5 Å². The van der Waals surface area contributed by atoms with Gasteiger partial charge in [-0.05, 0) is 31.2 Å². The van der Waals surface area contributed by atoms with Crippen LogP contribution >= 0.6 is 0 Å². The lowest BCUT2D eigenvalue weighted by Crippen LogP contribution is -2.41. The average Bonchev–Trinajstić information content (AvgIpc) is 2.73. The molecule has 1 saturated heterocycles. The van der Waals surface area contributed by atoms with Gasteiger partial charge in [0.05, 0.1) is 25.9 Å². The molecule has 1 aliphatic heterocycles. The summed E-state index contributed by atoms with van der Waals surface area (Å²) in [5, 5.41) is 5.93.